The van der Waals surface area contributed by atoms with Crippen LogP contribution in [0.3, 0.4) is 0 Å². The highest BCUT2D eigenvalue weighted by Crippen LogP contribution is 2.21. The average molecular weight is 429 g/mol. The quantitative estimate of drug-likeness (QED) is 0.695. The maximum absolute atomic E-state index is 12.7. The second-order valence-corrected chi connectivity index (χ2v) is 9.04. The van der Waals surface area contributed by atoms with Crippen LogP contribution in [0.5, 0.6) is 0 Å². The van der Waals surface area contributed by atoms with Crippen molar-refractivity contribution in [2.24, 2.45) is 0 Å². The van der Waals surface area contributed by atoms with Crippen molar-refractivity contribution in [2.45, 2.75) is 56.4 Å². The van der Waals surface area contributed by atoms with E-state index >= 15 is 0 Å². The van der Waals surface area contributed by atoms with Crippen molar-refractivity contribution in [3.05, 3.63) is 41.5 Å². The summed E-state index contributed by atoms with van der Waals surface area (Å²) < 4.78 is 32.3. The Hall–Kier alpha value is -1.48. The van der Waals surface area contributed by atoms with Crippen LogP contribution in [-0.2, 0) is 29.3 Å². The molecular weight excluding hydrogens is 400 g/mol. The van der Waals surface area contributed by atoms with Gasteiger partial charge in [-0.05, 0) is 50.9 Å². The number of piperidine rings is 1. The van der Waals surface area contributed by atoms with Crippen LogP contribution in [0.25, 0.3) is 0 Å². The maximum Gasteiger partial charge on any atom is 0.243 e. The van der Waals surface area contributed by atoms with Crippen LogP contribution in [-0.4, -0.2) is 49.0 Å². The Morgan fingerprint density at radius 3 is 2.46 bits per heavy atom. The number of halogens is 1. The lowest BCUT2D eigenvalue weighted by molar-refractivity contribution is 0.346. The van der Waals surface area contributed by atoms with Gasteiger partial charge in [-0.25, -0.2) is 8.42 Å². The molecule has 1 aliphatic rings. The molecule has 1 N–H and O–H groups in total. The van der Waals surface area contributed by atoms with Gasteiger partial charge in [-0.1, -0.05) is 23.7 Å². The van der Waals surface area contributed by atoms with E-state index in [0.717, 1.165) is 37.7 Å². The molecule has 1 saturated heterocycles. The summed E-state index contributed by atoms with van der Waals surface area (Å²) in [4.78, 5) is 4.78. The molecule has 0 bridgehead atoms. The fraction of sp³-hybridized carbons (Fsp3) is 0.579. The minimum Gasteiger partial charge on any atom is -0.339 e. The highest BCUT2D eigenvalue weighted by Gasteiger charge is 2.25. The van der Waals surface area contributed by atoms with E-state index in [1.54, 1.807) is 16.4 Å². The van der Waals surface area contributed by atoms with Gasteiger partial charge >= 0.3 is 0 Å². The minimum atomic E-state index is -3.37. The smallest absolute Gasteiger partial charge is 0.243 e. The molecule has 1 unspecified atom stereocenters. The number of nitrogens with one attached hydrogen (secondary N) is 1. The van der Waals surface area contributed by atoms with Gasteiger partial charge in [0.15, 0.2) is 5.82 Å². The normalized spacial score (nSPS) is 16.5. The number of hydrogen-bond donors (Lipinski definition) is 1. The number of nitrogens with zero attached hydrogens (tertiary/aromatic N) is 3. The van der Waals surface area contributed by atoms with Gasteiger partial charge in [0.2, 0.25) is 15.9 Å². The second kappa shape index (κ2) is 10.3. The van der Waals surface area contributed by atoms with Crippen molar-refractivity contribution in [2.75, 3.05) is 20.1 Å². The monoisotopic (exact) mass is 428 g/mol. The van der Waals surface area contributed by atoms with Gasteiger partial charge in [-0.15, -0.1) is 12.4 Å². The molecule has 1 aromatic carbocycles. The third kappa shape index (κ3) is 5.76. The number of benzene rings is 1. The highest BCUT2D eigenvalue weighted by atomic mass is 35.5. The molecule has 2 aromatic rings. The average Bonchev–Trinajstić information content (AvgIpc) is 3.14. The van der Waals surface area contributed by atoms with Crippen molar-refractivity contribution < 1.29 is 12.9 Å². The molecular formula is C19H29ClN4O3S. The minimum absolute atomic E-state index is 0. The molecule has 3 rings (SSSR count). The summed E-state index contributed by atoms with van der Waals surface area (Å²) in [6, 6.07) is 7.44. The van der Waals surface area contributed by atoms with Crippen LogP contribution >= 0.6 is 12.4 Å². The van der Waals surface area contributed by atoms with Crippen molar-refractivity contribution in [3.8, 4) is 0 Å². The Kier molecular flexibility index (Phi) is 8.42. The van der Waals surface area contributed by atoms with E-state index in [0.29, 0.717) is 42.2 Å². The van der Waals surface area contributed by atoms with Gasteiger partial charge in [0, 0.05) is 32.0 Å². The predicted octanol–water partition coefficient (Wildman–Crippen LogP) is 2.60. The lowest BCUT2D eigenvalue weighted by Gasteiger charge is -2.25. The summed E-state index contributed by atoms with van der Waals surface area (Å²) >= 11 is 0. The topological polar surface area (TPSA) is 88.3 Å². The van der Waals surface area contributed by atoms with Crippen LogP contribution in [0, 0.1) is 0 Å². The van der Waals surface area contributed by atoms with Crippen LogP contribution in [0.2, 0.25) is 0 Å². The summed E-state index contributed by atoms with van der Waals surface area (Å²) in [5.41, 5.74) is 1.05. The van der Waals surface area contributed by atoms with E-state index in [-0.39, 0.29) is 12.4 Å². The van der Waals surface area contributed by atoms with E-state index in [4.69, 9.17) is 4.52 Å². The number of sulfonamides is 1. The van der Waals surface area contributed by atoms with Crippen molar-refractivity contribution in [3.63, 3.8) is 0 Å². The van der Waals surface area contributed by atoms with E-state index in [1.165, 1.54) is 0 Å². The zero-order chi connectivity index (χ0) is 19.3. The summed E-state index contributed by atoms with van der Waals surface area (Å²) in [6.07, 6.45) is 5.08. The van der Waals surface area contributed by atoms with Gasteiger partial charge < -0.3 is 9.84 Å². The molecule has 1 aliphatic heterocycles. The lowest BCUT2D eigenvalue weighted by atomic mass is 10.1. The molecule has 28 heavy (non-hydrogen) atoms. The Balaban J connectivity index is 0.00000280. The fourth-order valence-corrected chi connectivity index (χ4v) is 4.70. The molecule has 1 aromatic heterocycles. The number of hydrogen-bond acceptors (Lipinski definition) is 6. The van der Waals surface area contributed by atoms with E-state index in [1.807, 2.05) is 19.2 Å². The molecule has 1 fully saturated rings. The van der Waals surface area contributed by atoms with Crippen LogP contribution in [0.4, 0.5) is 0 Å². The van der Waals surface area contributed by atoms with Gasteiger partial charge in [0.25, 0.3) is 0 Å². The lowest BCUT2D eigenvalue weighted by Crippen LogP contribution is -2.35. The molecule has 156 valence electrons. The van der Waals surface area contributed by atoms with Crippen LogP contribution < -0.4 is 5.32 Å². The SMILES string of the molecule is CNC(C)Cc1noc(CCc2ccc(S(=O)(=O)N3CCCCC3)cc2)n1.Cl. The second-order valence-electron chi connectivity index (χ2n) is 7.11. The van der Waals surface area contributed by atoms with Crippen molar-refractivity contribution in [1.29, 1.82) is 0 Å². The molecule has 0 radical (unpaired) electrons. The number of likely N-dealkylation sites (N-methyl/N-ethyl adjacent to an activating group) is 1. The molecule has 1 atom stereocenters. The number of aryl methyl sites for hydroxylation is 2. The van der Waals surface area contributed by atoms with Gasteiger partial charge in [-0.3, -0.25) is 0 Å². The van der Waals surface area contributed by atoms with Gasteiger partial charge in [0.05, 0.1) is 4.90 Å². The van der Waals surface area contributed by atoms with E-state index in [2.05, 4.69) is 22.4 Å². The fourth-order valence-electron chi connectivity index (χ4n) is 3.18. The molecule has 0 aliphatic carbocycles. The van der Waals surface area contributed by atoms with Gasteiger partial charge in [-0.2, -0.15) is 9.29 Å². The van der Waals surface area contributed by atoms with Crippen LogP contribution in [0.1, 0.15) is 43.5 Å². The summed E-state index contributed by atoms with van der Waals surface area (Å²) in [5.74, 6) is 1.31. The molecule has 7 nitrogen and oxygen atoms in total. The Morgan fingerprint density at radius 2 is 1.82 bits per heavy atom. The first-order chi connectivity index (χ1) is 13.0. The summed E-state index contributed by atoms with van der Waals surface area (Å²) in [7, 11) is -1.47. The van der Waals surface area contributed by atoms with Crippen LogP contribution in [0.15, 0.2) is 33.7 Å². The zero-order valence-electron chi connectivity index (χ0n) is 16.4. The first-order valence-corrected chi connectivity index (χ1v) is 11.0. The molecule has 2 heterocycles. The van der Waals surface area contributed by atoms with E-state index < -0.39 is 10.0 Å². The summed E-state index contributed by atoms with van der Waals surface area (Å²) in [6.45, 7) is 3.31. The molecule has 0 saturated carbocycles. The van der Waals surface area contributed by atoms with E-state index in [9.17, 15) is 8.42 Å². The number of aromatic nitrogens is 2. The molecule has 9 heteroatoms. The predicted molar refractivity (Wildman–Crippen MR) is 110 cm³/mol. The molecule has 0 amide bonds. The van der Waals surface area contributed by atoms with Crippen molar-refractivity contribution >= 4 is 22.4 Å². The third-order valence-electron chi connectivity index (χ3n) is 5.00. The Labute approximate surface area is 173 Å². The largest absolute Gasteiger partial charge is 0.339 e. The maximum atomic E-state index is 12.7. The van der Waals surface area contributed by atoms with Crippen molar-refractivity contribution in [1.82, 2.24) is 19.8 Å². The Morgan fingerprint density at radius 1 is 1.14 bits per heavy atom. The highest BCUT2D eigenvalue weighted by molar-refractivity contribution is 7.89. The van der Waals surface area contributed by atoms with Gasteiger partial charge in [0.1, 0.15) is 0 Å². The molecule has 0 spiro atoms. The zero-order valence-corrected chi connectivity index (χ0v) is 18.1. The first kappa shape index (κ1) is 22.8. The summed E-state index contributed by atoms with van der Waals surface area (Å²) in [5, 5.41) is 7.15. The standard InChI is InChI=1S/C19H28N4O3S.ClH/c1-15(20-2)14-18-21-19(26-22-18)11-8-16-6-9-17(10-7-16)27(24,25)23-12-4-3-5-13-23;/h6-7,9-10,15,20H,3-5,8,11-14H2,1-2H3;1H. The first-order valence-electron chi connectivity index (χ1n) is 9.57. The Bertz CT molecular complexity index is 833. The third-order valence-corrected chi connectivity index (χ3v) is 6.91. The number of rotatable bonds is 8.